The molecule has 0 saturated heterocycles. The van der Waals surface area contributed by atoms with Crippen molar-refractivity contribution in [2.24, 2.45) is 0 Å². The van der Waals surface area contributed by atoms with E-state index in [1.807, 2.05) is 7.11 Å². The molecule has 0 spiro atoms. The van der Waals surface area contributed by atoms with E-state index in [9.17, 15) is 0 Å². The Morgan fingerprint density at radius 2 is 1.64 bits per heavy atom. The van der Waals surface area contributed by atoms with Gasteiger partial charge >= 0.3 is 0 Å². The molecule has 11 heavy (non-hydrogen) atoms. The SMILES string of the molecule is COC(C)(C)[C]1CCCCC1. The van der Waals surface area contributed by atoms with Gasteiger partial charge in [-0.1, -0.05) is 19.3 Å². The van der Waals surface area contributed by atoms with Gasteiger partial charge in [0, 0.05) is 13.0 Å². The van der Waals surface area contributed by atoms with Crippen LogP contribution in [0.3, 0.4) is 0 Å². The van der Waals surface area contributed by atoms with E-state index in [4.69, 9.17) is 4.74 Å². The molecular formula is C10H19O. The fourth-order valence-corrected chi connectivity index (χ4v) is 1.72. The third-order valence-corrected chi connectivity index (χ3v) is 2.82. The van der Waals surface area contributed by atoms with Crippen molar-refractivity contribution >= 4 is 0 Å². The molecular weight excluding hydrogens is 136 g/mol. The van der Waals surface area contributed by atoms with Crippen molar-refractivity contribution in [1.29, 1.82) is 0 Å². The van der Waals surface area contributed by atoms with Crippen LogP contribution >= 0.6 is 0 Å². The molecule has 0 N–H and O–H groups in total. The van der Waals surface area contributed by atoms with Crippen molar-refractivity contribution < 1.29 is 4.74 Å². The van der Waals surface area contributed by atoms with Crippen molar-refractivity contribution in [2.45, 2.75) is 51.6 Å². The second-order valence-electron chi connectivity index (χ2n) is 3.88. The molecule has 1 fully saturated rings. The summed E-state index contributed by atoms with van der Waals surface area (Å²) in [6.07, 6.45) is 6.69. The van der Waals surface area contributed by atoms with Crippen LogP contribution in [0.15, 0.2) is 0 Å². The monoisotopic (exact) mass is 155 g/mol. The van der Waals surface area contributed by atoms with E-state index in [0.717, 1.165) is 0 Å². The van der Waals surface area contributed by atoms with Crippen LogP contribution < -0.4 is 0 Å². The van der Waals surface area contributed by atoms with Crippen LogP contribution in [0.4, 0.5) is 0 Å². The molecule has 1 rings (SSSR count). The summed E-state index contributed by atoms with van der Waals surface area (Å²) in [6.45, 7) is 4.35. The molecule has 1 aliphatic rings. The zero-order chi connectivity index (χ0) is 8.32. The first-order valence-corrected chi connectivity index (χ1v) is 4.57. The van der Waals surface area contributed by atoms with Crippen molar-refractivity contribution in [3.05, 3.63) is 5.92 Å². The highest BCUT2D eigenvalue weighted by Crippen LogP contribution is 2.35. The van der Waals surface area contributed by atoms with Gasteiger partial charge < -0.3 is 4.74 Å². The largest absolute Gasteiger partial charge is 0.378 e. The maximum atomic E-state index is 5.44. The van der Waals surface area contributed by atoms with E-state index in [0.29, 0.717) is 0 Å². The molecule has 0 aromatic heterocycles. The average molecular weight is 155 g/mol. The standard InChI is InChI=1S/C10H19O/c1-10(2,11-3)9-7-5-4-6-8-9/h4-8H2,1-3H3. The lowest BCUT2D eigenvalue weighted by molar-refractivity contribution is 0.0242. The molecule has 1 aliphatic carbocycles. The van der Waals surface area contributed by atoms with Gasteiger partial charge in [-0.15, -0.1) is 0 Å². The van der Waals surface area contributed by atoms with Crippen LogP contribution in [0.25, 0.3) is 0 Å². The normalized spacial score (nSPS) is 22.1. The maximum Gasteiger partial charge on any atom is 0.0685 e. The fraction of sp³-hybridized carbons (Fsp3) is 0.900. The van der Waals surface area contributed by atoms with E-state index in [2.05, 4.69) is 13.8 Å². The van der Waals surface area contributed by atoms with Crippen LogP contribution in [-0.4, -0.2) is 12.7 Å². The third kappa shape index (κ3) is 2.19. The molecule has 0 aromatic rings. The Kier molecular flexibility index (Phi) is 2.94. The second-order valence-corrected chi connectivity index (χ2v) is 3.88. The minimum atomic E-state index is 0.0282. The lowest BCUT2D eigenvalue weighted by atomic mass is 9.79. The molecule has 1 saturated carbocycles. The highest BCUT2D eigenvalue weighted by Gasteiger charge is 2.30. The zero-order valence-corrected chi connectivity index (χ0v) is 7.94. The van der Waals surface area contributed by atoms with E-state index in [1.165, 1.54) is 32.1 Å². The van der Waals surface area contributed by atoms with Gasteiger partial charge in [-0.25, -0.2) is 0 Å². The molecule has 0 amide bonds. The van der Waals surface area contributed by atoms with Gasteiger partial charge in [0.05, 0.1) is 5.60 Å². The lowest BCUT2D eigenvalue weighted by Crippen LogP contribution is -2.32. The minimum absolute atomic E-state index is 0.0282. The van der Waals surface area contributed by atoms with Crippen molar-refractivity contribution in [1.82, 2.24) is 0 Å². The van der Waals surface area contributed by atoms with Crippen LogP contribution in [0, 0.1) is 5.92 Å². The molecule has 0 aliphatic heterocycles. The Bertz CT molecular complexity index is 112. The van der Waals surface area contributed by atoms with E-state index in [1.54, 1.807) is 5.92 Å². The van der Waals surface area contributed by atoms with Gasteiger partial charge in [0.2, 0.25) is 0 Å². The van der Waals surface area contributed by atoms with E-state index in [-0.39, 0.29) is 5.60 Å². The molecule has 0 atom stereocenters. The highest BCUT2D eigenvalue weighted by atomic mass is 16.5. The summed E-state index contributed by atoms with van der Waals surface area (Å²) in [4.78, 5) is 0. The Labute approximate surface area is 70.1 Å². The molecule has 1 heteroatoms. The lowest BCUT2D eigenvalue weighted by Gasteiger charge is -2.35. The summed E-state index contributed by atoms with van der Waals surface area (Å²) in [5.41, 5.74) is 0.0282. The first-order chi connectivity index (χ1) is 5.17. The quantitative estimate of drug-likeness (QED) is 0.595. The molecule has 0 unspecified atom stereocenters. The predicted octanol–water partition coefficient (Wildman–Crippen LogP) is 2.95. The Hall–Kier alpha value is -0.0400. The molecule has 0 heterocycles. The smallest absolute Gasteiger partial charge is 0.0685 e. The van der Waals surface area contributed by atoms with Crippen LogP contribution in [0.1, 0.15) is 46.0 Å². The molecule has 1 radical (unpaired) electrons. The van der Waals surface area contributed by atoms with Crippen molar-refractivity contribution in [3.8, 4) is 0 Å². The van der Waals surface area contributed by atoms with Gasteiger partial charge in [-0.2, -0.15) is 0 Å². The summed E-state index contributed by atoms with van der Waals surface area (Å²) < 4.78 is 5.44. The van der Waals surface area contributed by atoms with Gasteiger partial charge in [-0.05, 0) is 26.7 Å². The topological polar surface area (TPSA) is 9.23 Å². The van der Waals surface area contributed by atoms with Crippen LogP contribution in [0.2, 0.25) is 0 Å². The Balaban J connectivity index is 2.43. The van der Waals surface area contributed by atoms with Crippen LogP contribution in [0.5, 0.6) is 0 Å². The van der Waals surface area contributed by atoms with E-state index >= 15 is 0 Å². The number of hydrogen-bond donors (Lipinski definition) is 0. The van der Waals surface area contributed by atoms with Gasteiger partial charge in [0.1, 0.15) is 0 Å². The number of rotatable bonds is 2. The fourth-order valence-electron chi connectivity index (χ4n) is 1.72. The van der Waals surface area contributed by atoms with Crippen molar-refractivity contribution in [3.63, 3.8) is 0 Å². The number of methoxy groups -OCH3 is 1. The first kappa shape index (κ1) is 9.05. The second kappa shape index (κ2) is 3.57. The van der Waals surface area contributed by atoms with Crippen LogP contribution in [-0.2, 0) is 4.74 Å². The third-order valence-electron chi connectivity index (χ3n) is 2.82. The van der Waals surface area contributed by atoms with Crippen molar-refractivity contribution in [2.75, 3.05) is 7.11 Å². The highest BCUT2D eigenvalue weighted by molar-refractivity contribution is 5.06. The molecule has 0 bridgehead atoms. The van der Waals surface area contributed by atoms with Gasteiger partial charge in [0.15, 0.2) is 0 Å². The van der Waals surface area contributed by atoms with E-state index < -0.39 is 0 Å². The summed E-state index contributed by atoms with van der Waals surface area (Å²) in [6, 6.07) is 0. The summed E-state index contributed by atoms with van der Waals surface area (Å²) >= 11 is 0. The first-order valence-electron chi connectivity index (χ1n) is 4.57. The summed E-state index contributed by atoms with van der Waals surface area (Å²) in [5.74, 6) is 1.60. The molecule has 1 nitrogen and oxygen atoms in total. The predicted molar refractivity (Wildman–Crippen MR) is 47.4 cm³/mol. The molecule has 0 aromatic carbocycles. The number of ether oxygens (including phenoxy) is 1. The zero-order valence-electron chi connectivity index (χ0n) is 7.94. The summed E-state index contributed by atoms with van der Waals surface area (Å²) in [5, 5.41) is 0. The Morgan fingerprint density at radius 1 is 1.09 bits per heavy atom. The minimum Gasteiger partial charge on any atom is -0.378 e. The van der Waals surface area contributed by atoms with Gasteiger partial charge in [-0.3, -0.25) is 0 Å². The Morgan fingerprint density at radius 3 is 2.09 bits per heavy atom. The number of hydrogen-bond acceptors (Lipinski definition) is 1. The molecule has 65 valence electrons. The maximum absolute atomic E-state index is 5.44. The van der Waals surface area contributed by atoms with Gasteiger partial charge in [0.25, 0.3) is 0 Å². The average Bonchev–Trinajstić information content (AvgIpc) is 2.06. The summed E-state index contributed by atoms with van der Waals surface area (Å²) in [7, 11) is 1.81.